The Labute approximate surface area is 191 Å². The number of carbonyl (C=O) groups is 2. The van der Waals surface area contributed by atoms with Crippen molar-refractivity contribution in [2.75, 3.05) is 6.79 Å². The number of nitrogen functional groups attached to an aromatic ring is 1. The molecule has 3 N–H and O–H groups in total. The number of nitrogens with two attached hydrogens (primary N) is 1. The molecule has 0 aliphatic carbocycles. The van der Waals surface area contributed by atoms with E-state index in [0.29, 0.717) is 29.2 Å². The fourth-order valence-corrected chi connectivity index (χ4v) is 2.72. The minimum atomic E-state index is -0.652. The van der Waals surface area contributed by atoms with Crippen LogP contribution in [-0.2, 0) is 25.5 Å². The number of amidine groups is 1. The van der Waals surface area contributed by atoms with Crippen molar-refractivity contribution in [2.24, 2.45) is 11.1 Å². The van der Waals surface area contributed by atoms with E-state index >= 15 is 0 Å². The van der Waals surface area contributed by atoms with Gasteiger partial charge in [0, 0.05) is 23.7 Å². The molecule has 0 radical (unpaired) electrons. The standard InChI is InChI=1S/C23H26N6O4/c1-23(2,3)22(31)33-14-32-20(30)11-8-17-12-29(13-26-17)19-10-9-18(27-28-19)15-4-6-16(7-5-15)21(24)25/h4-7,9-10,12-13H,8,11,14H2,1-3H3,(H3,24,25). The Kier molecular flexibility index (Phi) is 7.17. The summed E-state index contributed by atoms with van der Waals surface area (Å²) in [6.07, 6.45) is 3.83. The first-order valence-corrected chi connectivity index (χ1v) is 10.3. The van der Waals surface area contributed by atoms with Crippen molar-refractivity contribution in [3.05, 3.63) is 60.2 Å². The Balaban J connectivity index is 1.52. The van der Waals surface area contributed by atoms with Crippen molar-refractivity contribution in [1.82, 2.24) is 19.7 Å². The van der Waals surface area contributed by atoms with Crippen molar-refractivity contribution >= 4 is 17.8 Å². The number of hydrogen-bond acceptors (Lipinski definition) is 8. The van der Waals surface area contributed by atoms with E-state index in [9.17, 15) is 9.59 Å². The van der Waals surface area contributed by atoms with Gasteiger partial charge in [-0.2, -0.15) is 0 Å². The SMILES string of the molecule is CC(C)(C)C(=O)OCOC(=O)CCc1cn(-c2ccc(-c3ccc(C(=N)N)cc3)nn2)cn1. The third-order valence-electron chi connectivity index (χ3n) is 4.65. The van der Waals surface area contributed by atoms with Crippen LogP contribution in [0.15, 0.2) is 48.9 Å². The molecule has 2 aromatic heterocycles. The van der Waals surface area contributed by atoms with E-state index in [1.165, 1.54) is 0 Å². The predicted molar refractivity (Wildman–Crippen MR) is 120 cm³/mol. The van der Waals surface area contributed by atoms with Crippen LogP contribution in [0.1, 0.15) is 38.4 Å². The predicted octanol–water partition coefficient (Wildman–Crippen LogP) is 2.64. The number of carbonyl (C=O) groups excluding carboxylic acids is 2. The number of imidazole rings is 1. The second-order valence-electron chi connectivity index (χ2n) is 8.36. The molecule has 0 saturated heterocycles. The molecule has 0 spiro atoms. The van der Waals surface area contributed by atoms with Gasteiger partial charge in [-0.15, -0.1) is 10.2 Å². The monoisotopic (exact) mass is 450 g/mol. The molecule has 0 saturated carbocycles. The summed E-state index contributed by atoms with van der Waals surface area (Å²) in [6, 6.07) is 10.8. The minimum Gasteiger partial charge on any atom is -0.428 e. The molecule has 0 unspecified atom stereocenters. The highest BCUT2D eigenvalue weighted by atomic mass is 16.7. The van der Waals surface area contributed by atoms with Crippen LogP contribution in [-0.4, -0.2) is 44.3 Å². The summed E-state index contributed by atoms with van der Waals surface area (Å²) in [5.74, 6) is -0.328. The molecule has 172 valence electrons. The second kappa shape index (κ2) is 10.0. The van der Waals surface area contributed by atoms with E-state index in [2.05, 4.69) is 15.2 Å². The van der Waals surface area contributed by atoms with Crippen molar-refractivity contribution in [1.29, 1.82) is 5.41 Å². The lowest BCUT2D eigenvalue weighted by molar-refractivity contribution is -0.173. The average Bonchev–Trinajstić information content (AvgIpc) is 3.26. The summed E-state index contributed by atoms with van der Waals surface area (Å²) in [7, 11) is 0. The lowest BCUT2D eigenvalue weighted by Gasteiger charge is -2.16. The molecule has 10 nitrogen and oxygen atoms in total. The molecular formula is C23H26N6O4. The maximum Gasteiger partial charge on any atom is 0.314 e. The topological polar surface area (TPSA) is 146 Å². The van der Waals surface area contributed by atoms with Gasteiger partial charge in [-0.05, 0) is 32.9 Å². The fraction of sp³-hybridized carbons (Fsp3) is 0.304. The van der Waals surface area contributed by atoms with Crippen LogP contribution in [0.2, 0.25) is 0 Å². The third-order valence-corrected chi connectivity index (χ3v) is 4.65. The number of nitrogens with zero attached hydrogens (tertiary/aromatic N) is 4. The van der Waals surface area contributed by atoms with Crippen LogP contribution < -0.4 is 5.73 Å². The number of rotatable bonds is 8. The van der Waals surface area contributed by atoms with Crippen LogP contribution >= 0.6 is 0 Å². The Hall–Kier alpha value is -4.08. The molecule has 3 rings (SSSR count). The van der Waals surface area contributed by atoms with E-state index in [0.717, 1.165) is 5.56 Å². The molecule has 0 fully saturated rings. The van der Waals surface area contributed by atoms with Gasteiger partial charge in [-0.1, -0.05) is 24.3 Å². The molecule has 2 heterocycles. The highest BCUT2D eigenvalue weighted by molar-refractivity contribution is 5.95. The Morgan fingerprint density at radius 2 is 1.79 bits per heavy atom. The van der Waals surface area contributed by atoms with Crippen LogP contribution in [0, 0.1) is 10.8 Å². The first kappa shape index (κ1) is 23.6. The molecule has 0 aliphatic heterocycles. The van der Waals surface area contributed by atoms with Crippen LogP contribution in [0.5, 0.6) is 0 Å². The molecule has 0 atom stereocenters. The summed E-state index contributed by atoms with van der Waals surface area (Å²) in [6.45, 7) is 4.76. The molecular weight excluding hydrogens is 424 g/mol. The maximum atomic E-state index is 11.9. The summed E-state index contributed by atoms with van der Waals surface area (Å²) in [5.41, 5.74) is 7.69. The van der Waals surface area contributed by atoms with E-state index in [-0.39, 0.29) is 12.3 Å². The third kappa shape index (κ3) is 6.45. The average molecular weight is 450 g/mol. The summed E-state index contributed by atoms with van der Waals surface area (Å²) in [4.78, 5) is 27.8. The van der Waals surface area contributed by atoms with Gasteiger partial charge in [0.15, 0.2) is 5.82 Å². The van der Waals surface area contributed by atoms with Crippen LogP contribution in [0.25, 0.3) is 17.1 Å². The number of hydrogen-bond donors (Lipinski definition) is 2. The van der Waals surface area contributed by atoms with E-state index in [4.69, 9.17) is 20.6 Å². The van der Waals surface area contributed by atoms with E-state index in [1.54, 1.807) is 50.0 Å². The number of aromatic nitrogens is 4. The zero-order valence-corrected chi connectivity index (χ0v) is 18.7. The molecule has 33 heavy (non-hydrogen) atoms. The lowest BCUT2D eigenvalue weighted by Crippen LogP contribution is -2.24. The minimum absolute atomic E-state index is 0.0103. The molecule has 1 aromatic carbocycles. The summed E-state index contributed by atoms with van der Waals surface area (Å²) >= 11 is 0. The Morgan fingerprint density at radius 1 is 1.06 bits per heavy atom. The first-order valence-electron chi connectivity index (χ1n) is 10.3. The number of aryl methyl sites for hydroxylation is 1. The number of esters is 2. The van der Waals surface area contributed by atoms with Gasteiger partial charge in [0.25, 0.3) is 0 Å². The zero-order valence-electron chi connectivity index (χ0n) is 18.7. The van der Waals surface area contributed by atoms with Gasteiger partial charge in [-0.3, -0.25) is 19.6 Å². The zero-order chi connectivity index (χ0) is 24.0. The number of ether oxygens (including phenoxy) is 2. The molecule has 10 heteroatoms. The van der Waals surface area contributed by atoms with E-state index in [1.807, 2.05) is 24.3 Å². The van der Waals surface area contributed by atoms with Crippen molar-refractivity contribution in [3.8, 4) is 17.1 Å². The van der Waals surface area contributed by atoms with Gasteiger partial charge in [0.05, 0.1) is 23.2 Å². The quantitative estimate of drug-likeness (QED) is 0.230. The second-order valence-corrected chi connectivity index (χ2v) is 8.36. The van der Waals surface area contributed by atoms with Gasteiger partial charge in [0.2, 0.25) is 6.79 Å². The summed E-state index contributed by atoms with van der Waals surface area (Å²) in [5, 5.41) is 15.9. The van der Waals surface area contributed by atoms with Gasteiger partial charge >= 0.3 is 11.9 Å². The fourth-order valence-electron chi connectivity index (χ4n) is 2.72. The first-order chi connectivity index (χ1) is 15.6. The molecule has 0 aliphatic rings. The van der Waals surface area contributed by atoms with Crippen molar-refractivity contribution in [2.45, 2.75) is 33.6 Å². The largest absolute Gasteiger partial charge is 0.428 e. The highest BCUT2D eigenvalue weighted by Gasteiger charge is 2.23. The number of benzene rings is 1. The van der Waals surface area contributed by atoms with Crippen molar-refractivity contribution < 1.29 is 19.1 Å². The van der Waals surface area contributed by atoms with Gasteiger partial charge < -0.3 is 15.2 Å². The maximum absolute atomic E-state index is 11.9. The molecule has 3 aromatic rings. The summed E-state index contributed by atoms with van der Waals surface area (Å²) < 4.78 is 11.6. The van der Waals surface area contributed by atoms with E-state index < -0.39 is 24.1 Å². The van der Waals surface area contributed by atoms with Crippen molar-refractivity contribution in [3.63, 3.8) is 0 Å². The normalized spacial score (nSPS) is 11.1. The smallest absolute Gasteiger partial charge is 0.314 e. The Morgan fingerprint density at radius 3 is 2.39 bits per heavy atom. The van der Waals surface area contributed by atoms with Crippen LogP contribution in [0.4, 0.5) is 0 Å². The lowest BCUT2D eigenvalue weighted by atomic mass is 9.98. The van der Waals surface area contributed by atoms with Gasteiger partial charge in [-0.25, -0.2) is 4.98 Å². The molecule has 0 amide bonds. The molecule has 0 bridgehead atoms. The highest BCUT2D eigenvalue weighted by Crippen LogP contribution is 2.18. The Bertz CT molecular complexity index is 1130. The number of nitrogens with one attached hydrogen (secondary N) is 1. The van der Waals surface area contributed by atoms with Crippen LogP contribution in [0.3, 0.4) is 0 Å². The van der Waals surface area contributed by atoms with Gasteiger partial charge in [0.1, 0.15) is 12.2 Å².